The Balaban J connectivity index is 2.55. The van der Waals surface area contributed by atoms with Gasteiger partial charge in [-0.05, 0) is 6.07 Å². The number of carbonyl (C=O) groups excluding carboxylic acids is 2. The molecular formula is C17H17NO6. The SMILES string of the molecule is C#CCOc1ccccc1[C@@H]1C(C(=O)OC)=C(C(=O)OC)ON1C. The molecule has 0 unspecified atom stereocenters. The maximum atomic E-state index is 12.2. The van der Waals surface area contributed by atoms with E-state index < -0.39 is 18.0 Å². The summed E-state index contributed by atoms with van der Waals surface area (Å²) in [5.74, 6) is 1.17. The monoisotopic (exact) mass is 331 g/mol. The Bertz CT molecular complexity index is 718. The fraction of sp³-hybridized carbons (Fsp3) is 0.294. The number of methoxy groups -OCH3 is 2. The lowest BCUT2D eigenvalue weighted by Gasteiger charge is -2.22. The van der Waals surface area contributed by atoms with Crippen molar-refractivity contribution in [1.82, 2.24) is 5.06 Å². The van der Waals surface area contributed by atoms with Crippen LogP contribution in [0, 0.1) is 12.3 Å². The number of nitrogens with zero attached hydrogens (tertiary/aromatic N) is 1. The number of carbonyl (C=O) groups is 2. The summed E-state index contributed by atoms with van der Waals surface area (Å²) in [7, 11) is 4.01. The normalized spacial score (nSPS) is 17.0. The third-order valence-corrected chi connectivity index (χ3v) is 3.42. The molecular weight excluding hydrogens is 314 g/mol. The van der Waals surface area contributed by atoms with Gasteiger partial charge in [0.2, 0.25) is 5.76 Å². The second-order valence-corrected chi connectivity index (χ2v) is 4.80. The number of hydrogen-bond acceptors (Lipinski definition) is 7. The molecule has 24 heavy (non-hydrogen) atoms. The molecule has 1 heterocycles. The van der Waals surface area contributed by atoms with E-state index in [1.807, 2.05) is 0 Å². The molecule has 2 rings (SSSR count). The van der Waals surface area contributed by atoms with Crippen LogP contribution in [0.3, 0.4) is 0 Å². The van der Waals surface area contributed by atoms with Crippen molar-refractivity contribution in [2.24, 2.45) is 0 Å². The second kappa shape index (κ2) is 7.53. The van der Waals surface area contributed by atoms with Gasteiger partial charge in [-0.3, -0.25) is 0 Å². The average molecular weight is 331 g/mol. The van der Waals surface area contributed by atoms with E-state index >= 15 is 0 Å². The summed E-state index contributed by atoms with van der Waals surface area (Å²) in [5, 5.41) is 1.36. The molecule has 1 aromatic carbocycles. The first-order valence-electron chi connectivity index (χ1n) is 7.01. The molecule has 0 aromatic heterocycles. The van der Waals surface area contributed by atoms with Crippen LogP contribution < -0.4 is 4.74 Å². The highest BCUT2D eigenvalue weighted by Gasteiger charge is 2.43. The number of ether oxygens (including phenoxy) is 3. The predicted molar refractivity (Wildman–Crippen MR) is 83.4 cm³/mol. The molecule has 0 N–H and O–H groups in total. The number of hydroxylamine groups is 2. The first-order valence-corrected chi connectivity index (χ1v) is 7.01. The van der Waals surface area contributed by atoms with E-state index in [0.29, 0.717) is 11.3 Å². The Hall–Kier alpha value is -2.98. The molecule has 1 atom stereocenters. The molecule has 7 heteroatoms. The summed E-state index contributed by atoms with van der Waals surface area (Å²) in [6, 6.07) is 6.30. The molecule has 0 spiro atoms. The van der Waals surface area contributed by atoms with Crippen molar-refractivity contribution in [2.45, 2.75) is 6.04 Å². The van der Waals surface area contributed by atoms with Gasteiger partial charge >= 0.3 is 11.9 Å². The molecule has 0 amide bonds. The summed E-state index contributed by atoms with van der Waals surface area (Å²) in [6.07, 6.45) is 5.23. The Morgan fingerprint density at radius 3 is 2.54 bits per heavy atom. The van der Waals surface area contributed by atoms with E-state index in [0.717, 1.165) is 0 Å². The van der Waals surface area contributed by atoms with Crippen LogP contribution in [-0.4, -0.2) is 44.9 Å². The first-order chi connectivity index (χ1) is 11.5. The van der Waals surface area contributed by atoms with Crippen molar-refractivity contribution >= 4 is 11.9 Å². The molecule has 1 aliphatic heterocycles. The topological polar surface area (TPSA) is 74.3 Å². The fourth-order valence-corrected chi connectivity index (χ4v) is 2.41. The number of terminal acetylenes is 1. The Kier molecular flexibility index (Phi) is 5.45. The van der Waals surface area contributed by atoms with Gasteiger partial charge in [-0.1, -0.05) is 24.1 Å². The van der Waals surface area contributed by atoms with Crippen molar-refractivity contribution in [2.75, 3.05) is 27.9 Å². The summed E-state index contributed by atoms with van der Waals surface area (Å²) < 4.78 is 15.0. The maximum absolute atomic E-state index is 12.2. The molecule has 0 radical (unpaired) electrons. The molecule has 1 aromatic rings. The molecule has 0 saturated carbocycles. The molecule has 0 bridgehead atoms. The van der Waals surface area contributed by atoms with Crippen molar-refractivity contribution in [3.05, 3.63) is 41.2 Å². The molecule has 0 saturated heterocycles. The van der Waals surface area contributed by atoms with Crippen LogP contribution in [-0.2, 0) is 23.9 Å². The average Bonchev–Trinajstić information content (AvgIpc) is 2.95. The number of esters is 2. The lowest BCUT2D eigenvalue weighted by molar-refractivity contribution is -0.152. The van der Waals surface area contributed by atoms with Crippen LogP contribution in [0.5, 0.6) is 5.75 Å². The van der Waals surface area contributed by atoms with Gasteiger partial charge in [0, 0.05) is 12.6 Å². The Labute approximate surface area is 139 Å². The van der Waals surface area contributed by atoms with Crippen LogP contribution in [0.15, 0.2) is 35.6 Å². The summed E-state index contributed by atoms with van der Waals surface area (Å²) in [4.78, 5) is 29.6. The van der Waals surface area contributed by atoms with Crippen LogP contribution in [0.1, 0.15) is 11.6 Å². The van der Waals surface area contributed by atoms with Crippen molar-refractivity contribution in [3.63, 3.8) is 0 Å². The van der Waals surface area contributed by atoms with Crippen LogP contribution >= 0.6 is 0 Å². The standard InChI is InChI=1S/C17H17NO6/c1-5-10-23-12-9-7-6-8-11(12)14-13(16(19)21-3)15(17(20)22-4)24-18(14)2/h1,6-9,14H,10H2,2-4H3/t14-/m1/s1. The number of rotatable bonds is 5. The van der Waals surface area contributed by atoms with E-state index in [2.05, 4.69) is 10.7 Å². The number of likely N-dealkylation sites (N-methyl/N-ethyl adjacent to an activating group) is 1. The number of para-hydroxylation sites is 1. The zero-order valence-corrected chi connectivity index (χ0v) is 13.6. The van der Waals surface area contributed by atoms with Crippen LogP contribution in [0.2, 0.25) is 0 Å². The smallest absolute Gasteiger partial charge is 0.376 e. The number of hydrogen-bond donors (Lipinski definition) is 0. The quantitative estimate of drug-likeness (QED) is 0.593. The van der Waals surface area contributed by atoms with E-state index in [4.69, 9.17) is 20.7 Å². The van der Waals surface area contributed by atoms with E-state index in [9.17, 15) is 9.59 Å². The molecule has 7 nitrogen and oxygen atoms in total. The Morgan fingerprint density at radius 2 is 1.92 bits per heavy atom. The van der Waals surface area contributed by atoms with Crippen molar-refractivity contribution < 1.29 is 28.6 Å². The van der Waals surface area contributed by atoms with Gasteiger partial charge in [-0.2, -0.15) is 0 Å². The number of benzene rings is 1. The van der Waals surface area contributed by atoms with Gasteiger partial charge in [0.1, 0.15) is 24.0 Å². The largest absolute Gasteiger partial charge is 0.481 e. The summed E-state index contributed by atoms with van der Waals surface area (Å²) in [5.41, 5.74) is 0.637. The lowest BCUT2D eigenvalue weighted by Crippen LogP contribution is -2.23. The van der Waals surface area contributed by atoms with Gasteiger partial charge < -0.3 is 19.0 Å². The van der Waals surface area contributed by atoms with Crippen LogP contribution in [0.25, 0.3) is 0 Å². The zero-order chi connectivity index (χ0) is 17.7. The maximum Gasteiger partial charge on any atom is 0.376 e. The fourth-order valence-electron chi connectivity index (χ4n) is 2.41. The van der Waals surface area contributed by atoms with Gasteiger partial charge in [0.25, 0.3) is 0 Å². The first kappa shape index (κ1) is 17.4. The molecule has 0 fully saturated rings. The van der Waals surface area contributed by atoms with Crippen LogP contribution in [0.4, 0.5) is 0 Å². The molecule has 1 aliphatic rings. The van der Waals surface area contributed by atoms with Crippen molar-refractivity contribution in [3.8, 4) is 18.1 Å². The highest BCUT2D eigenvalue weighted by atomic mass is 16.7. The zero-order valence-electron chi connectivity index (χ0n) is 13.6. The summed E-state index contributed by atoms with van der Waals surface area (Å²) >= 11 is 0. The highest BCUT2D eigenvalue weighted by molar-refractivity contribution is 6.00. The Morgan fingerprint density at radius 1 is 1.25 bits per heavy atom. The summed E-state index contributed by atoms with van der Waals surface area (Å²) in [6.45, 7) is 0.0649. The minimum absolute atomic E-state index is 0.0311. The molecule has 126 valence electrons. The lowest BCUT2D eigenvalue weighted by atomic mass is 9.97. The molecule has 0 aliphatic carbocycles. The second-order valence-electron chi connectivity index (χ2n) is 4.80. The van der Waals surface area contributed by atoms with Crippen molar-refractivity contribution in [1.29, 1.82) is 0 Å². The van der Waals surface area contributed by atoms with Gasteiger partial charge in [0.15, 0.2) is 0 Å². The van der Waals surface area contributed by atoms with E-state index in [-0.39, 0.29) is 17.9 Å². The minimum Gasteiger partial charge on any atom is -0.481 e. The van der Waals surface area contributed by atoms with E-state index in [1.165, 1.54) is 19.3 Å². The third kappa shape index (κ3) is 3.19. The van der Waals surface area contributed by atoms with Gasteiger partial charge in [-0.15, -0.1) is 11.5 Å². The van der Waals surface area contributed by atoms with Gasteiger partial charge in [0.05, 0.1) is 14.2 Å². The van der Waals surface area contributed by atoms with E-state index in [1.54, 1.807) is 31.3 Å². The predicted octanol–water partition coefficient (Wildman–Crippen LogP) is 1.22. The highest BCUT2D eigenvalue weighted by Crippen LogP contribution is 2.41. The third-order valence-electron chi connectivity index (χ3n) is 3.42. The minimum atomic E-state index is -0.772. The van der Waals surface area contributed by atoms with Gasteiger partial charge in [-0.25, -0.2) is 9.59 Å².